The number of hydrogen-bond acceptors (Lipinski definition) is 11. The number of nitrogens with one attached hydrogen (secondary N) is 4. The number of nitrogens with two attached hydrogens (primary N) is 1. The lowest BCUT2D eigenvalue weighted by Crippen LogP contribution is -2.54. The van der Waals surface area contributed by atoms with E-state index in [0.717, 1.165) is 22.3 Å². The van der Waals surface area contributed by atoms with Crippen molar-refractivity contribution in [1.29, 1.82) is 0 Å². The number of nitro groups is 1. The molecule has 0 aliphatic heterocycles. The zero-order valence-electron chi connectivity index (χ0n) is 33.5. The van der Waals surface area contributed by atoms with Gasteiger partial charge in [0.1, 0.15) is 37.7 Å². The minimum absolute atomic E-state index is 0.0272. The first kappa shape index (κ1) is 44.6. The Kier molecular flexibility index (Phi) is 15.8. The molecule has 0 saturated heterocycles. The Morgan fingerprint density at radius 2 is 1.52 bits per heavy atom. The van der Waals surface area contributed by atoms with E-state index in [1.54, 1.807) is 32.0 Å². The molecule has 0 bridgehead atoms. The maximum atomic E-state index is 13.8. The van der Waals surface area contributed by atoms with Gasteiger partial charge < -0.3 is 45.9 Å². The molecule has 0 heterocycles. The Balaban J connectivity index is 1.24. The Morgan fingerprint density at radius 1 is 0.852 bits per heavy atom. The monoisotopic (exact) mass is 834 g/mol. The highest BCUT2D eigenvalue weighted by Gasteiger charge is 2.32. The minimum Gasteiger partial charge on any atom is -0.449 e. The van der Waals surface area contributed by atoms with E-state index in [0.29, 0.717) is 16.8 Å². The summed E-state index contributed by atoms with van der Waals surface area (Å²) in [6.45, 7) is 3.31. The van der Waals surface area contributed by atoms with E-state index in [4.69, 9.17) is 31.1 Å². The predicted molar refractivity (Wildman–Crippen MR) is 223 cm³/mol. The molecule has 5 rings (SSSR count). The molecule has 2 atom stereocenters. The smallest absolute Gasteiger partial charge is 0.449 e. The largest absolute Gasteiger partial charge is 0.514 e. The molecule has 5 amide bonds. The highest BCUT2D eigenvalue weighted by Crippen LogP contribution is 2.44. The van der Waals surface area contributed by atoms with Crippen molar-refractivity contribution < 1.29 is 47.8 Å². The first-order chi connectivity index (χ1) is 29.3. The molecule has 0 unspecified atom stereocenters. The van der Waals surface area contributed by atoms with Gasteiger partial charge in [0.05, 0.1) is 11.5 Å². The highest BCUT2D eigenvalue weighted by atomic mass is 16.7. The maximum absolute atomic E-state index is 13.8. The van der Waals surface area contributed by atoms with Gasteiger partial charge in [0.25, 0.3) is 5.69 Å². The van der Waals surface area contributed by atoms with Gasteiger partial charge in [-0.3, -0.25) is 19.7 Å². The molecule has 0 fully saturated rings. The topological polar surface area (TPSA) is 240 Å². The Morgan fingerprint density at radius 3 is 2.15 bits per heavy atom. The third-order valence-corrected chi connectivity index (χ3v) is 9.68. The number of carbonyl (C=O) groups excluding carboxylic acids is 5. The van der Waals surface area contributed by atoms with Crippen LogP contribution in [-0.4, -0.2) is 66.9 Å². The number of ether oxygens (including phenoxy) is 4. The average molecular weight is 835 g/mol. The van der Waals surface area contributed by atoms with Crippen LogP contribution in [0.2, 0.25) is 0 Å². The summed E-state index contributed by atoms with van der Waals surface area (Å²) < 4.78 is 21.6. The molecule has 0 radical (unpaired) electrons. The van der Waals surface area contributed by atoms with E-state index in [1.807, 2.05) is 48.5 Å². The lowest BCUT2D eigenvalue weighted by atomic mass is 9.98. The third kappa shape index (κ3) is 12.5. The summed E-state index contributed by atoms with van der Waals surface area (Å²) in [5, 5.41) is 21.6. The van der Waals surface area contributed by atoms with Gasteiger partial charge in [-0.25, -0.2) is 14.4 Å². The van der Waals surface area contributed by atoms with Crippen molar-refractivity contribution in [3.05, 3.63) is 123 Å². The number of terminal acetylenes is 1. The first-order valence-electron chi connectivity index (χ1n) is 19.3. The second-order valence-electron chi connectivity index (χ2n) is 14.2. The number of urea groups is 1. The number of non-ortho nitro benzene ring substituents is 1. The van der Waals surface area contributed by atoms with E-state index in [1.165, 1.54) is 24.3 Å². The van der Waals surface area contributed by atoms with Crippen molar-refractivity contribution in [3.8, 4) is 29.2 Å². The number of rotatable bonds is 19. The summed E-state index contributed by atoms with van der Waals surface area (Å²) in [7, 11) is 0. The summed E-state index contributed by atoms with van der Waals surface area (Å²) in [5.74, 6) is 0.552. The molecule has 6 N–H and O–H groups in total. The van der Waals surface area contributed by atoms with Gasteiger partial charge in [0.15, 0.2) is 0 Å². The quantitative estimate of drug-likeness (QED) is 0.0186. The standard InChI is InChI=1S/C44H46N6O11/c1-4-22-58-24-29-23-30(16-15-28(29)25-60-44(55)61-32-19-17-31(18-20-32)50(56)57)47-40(51)38(14-9-21-46-42(45)53)48-41(52)39(27(2)3)49-43(54)59-26-37-35-12-7-5-10-33(35)34-11-6-8-13-36(34)37/h1,5-8,10-13,15-20,23,27,37-39H,9,14,21-22,24-26H2,2-3H3,(H,47,51)(H,48,52)(H,49,54)(H3,45,46,53)/t38-,39-/m0/s1. The summed E-state index contributed by atoms with van der Waals surface area (Å²) >= 11 is 0. The normalized spacial score (nSPS) is 12.4. The van der Waals surface area contributed by atoms with Crippen LogP contribution in [0, 0.1) is 28.4 Å². The fourth-order valence-corrected chi connectivity index (χ4v) is 6.68. The van der Waals surface area contributed by atoms with Gasteiger partial charge in [-0.2, -0.15) is 0 Å². The van der Waals surface area contributed by atoms with Gasteiger partial charge in [0.2, 0.25) is 11.8 Å². The average Bonchev–Trinajstić information content (AvgIpc) is 3.56. The van der Waals surface area contributed by atoms with Gasteiger partial charge in [-0.1, -0.05) is 74.4 Å². The number of fused-ring (bicyclic) bond motifs is 3. The summed E-state index contributed by atoms with van der Waals surface area (Å²) in [6, 6.07) is 22.4. The van der Waals surface area contributed by atoms with E-state index in [-0.39, 0.29) is 63.2 Å². The molecular formula is C44H46N6O11. The van der Waals surface area contributed by atoms with Crippen molar-refractivity contribution in [2.45, 2.75) is 57.9 Å². The second kappa shape index (κ2) is 21.5. The fraction of sp³-hybridized carbons (Fsp3) is 0.295. The van der Waals surface area contributed by atoms with Crippen molar-refractivity contribution in [3.63, 3.8) is 0 Å². The first-order valence-corrected chi connectivity index (χ1v) is 19.3. The van der Waals surface area contributed by atoms with Crippen LogP contribution in [0.1, 0.15) is 54.9 Å². The van der Waals surface area contributed by atoms with Crippen LogP contribution >= 0.6 is 0 Å². The molecule has 0 saturated carbocycles. The van der Waals surface area contributed by atoms with E-state index < -0.39 is 53.0 Å². The summed E-state index contributed by atoms with van der Waals surface area (Å²) in [5.41, 5.74) is 10.5. The molecule has 1 aliphatic carbocycles. The SMILES string of the molecule is C#CCOCc1cc(NC(=O)[C@H](CCCNC(N)=O)NC(=O)[C@@H](NC(=O)OCC2c3ccccc3-c3ccccc32)C(C)C)ccc1COC(=O)Oc1ccc([N+](=O)[O-])cc1. The van der Waals surface area contributed by atoms with Crippen LogP contribution in [0.5, 0.6) is 5.75 Å². The highest BCUT2D eigenvalue weighted by molar-refractivity contribution is 5.98. The van der Waals surface area contributed by atoms with Crippen LogP contribution < -0.4 is 31.7 Å². The van der Waals surface area contributed by atoms with Crippen LogP contribution in [0.25, 0.3) is 11.1 Å². The Labute approximate surface area is 351 Å². The second-order valence-corrected chi connectivity index (χ2v) is 14.2. The van der Waals surface area contributed by atoms with Crippen molar-refractivity contribution >= 4 is 41.5 Å². The van der Waals surface area contributed by atoms with Crippen molar-refractivity contribution in [2.24, 2.45) is 11.7 Å². The van der Waals surface area contributed by atoms with Crippen LogP contribution in [0.15, 0.2) is 91.0 Å². The van der Waals surface area contributed by atoms with E-state index in [2.05, 4.69) is 27.2 Å². The predicted octanol–water partition coefficient (Wildman–Crippen LogP) is 5.90. The van der Waals surface area contributed by atoms with Gasteiger partial charge in [-0.05, 0) is 76.4 Å². The lowest BCUT2D eigenvalue weighted by molar-refractivity contribution is -0.384. The molecular weight excluding hydrogens is 789 g/mol. The molecule has 0 aromatic heterocycles. The number of benzene rings is 4. The number of nitro benzene ring substituents is 1. The number of hydrogen-bond donors (Lipinski definition) is 5. The number of carbonyl (C=O) groups is 5. The maximum Gasteiger partial charge on any atom is 0.514 e. The van der Waals surface area contributed by atoms with Gasteiger partial charge >= 0.3 is 18.3 Å². The molecule has 17 heteroatoms. The Bertz CT molecular complexity index is 2230. The molecule has 318 valence electrons. The number of anilines is 1. The summed E-state index contributed by atoms with van der Waals surface area (Å²) in [4.78, 5) is 74.9. The van der Waals surface area contributed by atoms with Gasteiger partial charge in [0, 0.05) is 30.3 Å². The molecule has 61 heavy (non-hydrogen) atoms. The Hall–Kier alpha value is -7.45. The third-order valence-electron chi connectivity index (χ3n) is 9.68. The zero-order chi connectivity index (χ0) is 43.9. The molecule has 4 aromatic rings. The van der Waals surface area contributed by atoms with Crippen molar-refractivity contribution in [1.82, 2.24) is 16.0 Å². The van der Waals surface area contributed by atoms with Crippen LogP contribution in [0.4, 0.5) is 25.8 Å². The number of nitrogens with zero attached hydrogens (tertiary/aromatic N) is 1. The fourth-order valence-electron chi connectivity index (χ4n) is 6.68. The number of primary amides is 1. The van der Waals surface area contributed by atoms with Gasteiger partial charge in [-0.15, -0.1) is 6.42 Å². The summed E-state index contributed by atoms with van der Waals surface area (Å²) in [6.07, 6.45) is 3.81. The minimum atomic E-state index is -1.13. The van der Waals surface area contributed by atoms with E-state index >= 15 is 0 Å². The zero-order valence-corrected chi connectivity index (χ0v) is 33.5. The molecule has 4 aromatic carbocycles. The molecule has 17 nitrogen and oxygen atoms in total. The van der Waals surface area contributed by atoms with E-state index in [9.17, 15) is 34.1 Å². The van der Waals surface area contributed by atoms with Crippen molar-refractivity contribution in [2.75, 3.05) is 25.1 Å². The van der Waals surface area contributed by atoms with Crippen LogP contribution in [-0.2, 0) is 37.0 Å². The lowest BCUT2D eigenvalue weighted by Gasteiger charge is -2.25. The number of amides is 5. The molecule has 0 spiro atoms. The molecule has 1 aliphatic rings. The van der Waals surface area contributed by atoms with Crippen LogP contribution in [0.3, 0.4) is 0 Å². The number of alkyl carbamates (subject to hydrolysis) is 1.